The Balaban J connectivity index is 1.56. The third-order valence-electron chi connectivity index (χ3n) is 5.71. The van der Waals surface area contributed by atoms with E-state index in [9.17, 15) is 9.50 Å². The van der Waals surface area contributed by atoms with Crippen LogP contribution in [0.4, 0.5) is 4.39 Å². The molecule has 0 amide bonds. The number of phenols is 1. The van der Waals surface area contributed by atoms with Gasteiger partial charge in [-0.1, -0.05) is 18.2 Å². The molecule has 0 fully saturated rings. The van der Waals surface area contributed by atoms with Crippen molar-refractivity contribution in [3.63, 3.8) is 0 Å². The molecule has 2 unspecified atom stereocenters. The predicted molar refractivity (Wildman–Crippen MR) is 126 cm³/mol. The lowest BCUT2D eigenvalue weighted by molar-refractivity contribution is 0.174. The van der Waals surface area contributed by atoms with Crippen LogP contribution < -0.4 is 19.5 Å². The maximum absolute atomic E-state index is 13.9. The summed E-state index contributed by atoms with van der Waals surface area (Å²) < 4.78 is 30.8. The number of hydrogen-bond acceptors (Lipinski definition) is 6. The number of para-hydroxylation sites is 1. The number of aromatic hydroxyl groups is 1. The zero-order chi connectivity index (χ0) is 22.9. The van der Waals surface area contributed by atoms with Crippen molar-refractivity contribution in [3.8, 4) is 23.0 Å². The highest BCUT2D eigenvalue weighted by atomic mass is 79.9. The molecular weight excluding hydrogens is 491 g/mol. The molecule has 3 aromatic rings. The lowest BCUT2D eigenvalue weighted by atomic mass is 9.93. The van der Waals surface area contributed by atoms with E-state index >= 15 is 0 Å². The minimum atomic E-state index is -0.448. The molecule has 2 N–H and O–H groups in total. The molecule has 2 aliphatic rings. The molecule has 0 aliphatic carbocycles. The summed E-state index contributed by atoms with van der Waals surface area (Å²) in [6.45, 7) is 2.52. The zero-order valence-corrected chi connectivity index (χ0v) is 19.4. The molecule has 3 aromatic carbocycles. The van der Waals surface area contributed by atoms with Crippen LogP contribution >= 0.6 is 15.9 Å². The average molecular weight is 513 g/mol. The average Bonchev–Trinajstić information content (AvgIpc) is 3.30. The molecule has 33 heavy (non-hydrogen) atoms. The summed E-state index contributed by atoms with van der Waals surface area (Å²) in [5.74, 6) is 1.57. The van der Waals surface area contributed by atoms with Crippen LogP contribution in [0.1, 0.15) is 42.2 Å². The normalized spacial score (nSPS) is 19.3. The van der Waals surface area contributed by atoms with E-state index in [1.807, 2.05) is 37.3 Å². The number of halogens is 2. The molecule has 6 nitrogen and oxygen atoms in total. The van der Waals surface area contributed by atoms with Crippen molar-refractivity contribution in [1.82, 2.24) is 5.32 Å². The van der Waals surface area contributed by atoms with E-state index in [-0.39, 0.29) is 24.4 Å². The minimum Gasteiger partial charge on any atom is -0.504 e. The molecule has 170 valence electrons. The number of rotatable bonds is 5. The van der Waals surface area contributed by atoms with E-state index in [0.29, 0.717) is 40.3 Å². The van der Waals surface area contributed by atoms with Gasteiger partial charge in [0.15, 0.2) is 23.0 Å². The third kappa shape index (κ3) is 4.28. The van der Waals surface area contributed by atoms with Crippen LogP contribution in [0.25, 0.3) is 0 Å². The zero-order valence-electron chi connectivity index (χ0n) is 17.8. The van der Waals surface area contributed by atoms with Gasteiger partial charge in [0.05, 0.1) is 11.1 Å². The second-order valence-corrected chi connectivity index (χ2v) is 8.62. The fourth-order valence-electron chi connectivity index (χ4n) is 4.10. The van der Waals surface area contributed by atoms with Crippen molar-refractivity contribution >= 4 is 21.6 Å². The fourth-order valence-corrected chi connectivity index (χ4v) is 4.50. The first-order valence-electron chi connectivity index (χ1n) is 10.7. The quantitative estimate of drug-likeness (QED) is 0.462. The fraction of sp³-hybridized carbons (Fsp3) is 0.240. The first kappa shape index (κ1) is 21.7. The molecule has 2 atom stereocenters. The van der Waals surface area contributed by atoms with Gasteiger partial charge in [-0.2, -0.15) is 0 Å². The maximum atomic E-state index is 13.9. The Hall–Kier alpha value is -3.10. The lowest BCUT2D eigenvalue weighted by Gasteiger charge is -2.31. The molecule has 0 aromatic heterocycles. The first-order valence-corrected chi connectivity index (χ1v) is 11.4. The van der Waals surface area contributed by atoms with Gasteiger partial charge in [-0.15, -0.1) is 0 Å². The minimum absolute atomic E-state index is 0.0998. The molecule has 0 saturated carbocycles. The van der Waals surface area contributed by atoms with Gasteiger partial charge in [0.2, 0.25) is 6.79 Å². The number of fused-ring (bicyclic) bond motifs is 1. The summed E-state index contributed by atoms with van der Waals surface area (Å²) in [4.78, 5) is 4.94. The summed E-state index contributed by atoms with van der Waals surface area (Å²) >= 11 is 3.27. The van der Waals surface area contributed by atoms with E-state index in [1.165, 1.54) is 6.07 Å². The molecule has 0 spiro atoms. The van der Waals surface area contributed by atoms with Crippen molar-refractivity contribution < 1.29 is 23.7 Å². The number of nitrogens with zero attached hydrogens (tertiary/aromatic N) is 1. The van der Waals surface area contributed by atoms with Gasteiger partial charge in [0.1, 0.15) is 12.0 Å². The smallest absolute Gasteiger partial charge is 0.231 e. The van der Waals surface area contributed by atoms with Gasteiger partial charge < -0.3 is 19.3 Å². The third-order valence-corrected chi connectivity index (χ3v) is 6.32. The lowest BCUT2D eigenvalue weighted by Crippen LogP contribution is -2.33. The Morgan fingerprint density at radius 3 is 2.82 bits per heavy atom. The van der Waals surface area contributed by atoms with Crippen LogP contribution in [0.5, 0.6) is 23.0 Å². The highest BCUT2D eigenvalue weighted by Gasteiger charge is 2.29. The molecule has 2 heterocycles. The largest absolute Gasteiger partial charge is 0.504 e. The van der Waals surface area contributed by atoms with Crippen molar-refractivity contribution in [2.24, 2.45) is 4.99 Å². The number of hydrogen-bond donors (Lipinski definition) is 2. The van der Waals surface area contributed by atoms with Crippen LogP contribution in [-0.4, -0.2) is 24.2 Å². The monoisotopic (exact) mass is 512 g/mol. The predicted octanol–water partition coefficient (Wildman–Crippen LogP) is 5.64. The van der Waals surface area contributed by atoms with Gasteiger partial charge in [0.25, 0.3) is 0 Å². The van der Waals surface area contributed by atoms with Crippen molar-refractivity contribution in [2.45, 2.75) is 25.6 Å². The second-order valence-electron chi connectivity index (χ2n) is 7.77. The van der Waals surface area contributed by atoms with Crippen LogP contribution in [0, 0.1) is 5.82 Å². The second kappa shape index (κ2) is 9.03. The summed E-state index contributed by atoms with van der Waals surface area (Å²) in [6, 6.07) is 15.8. The van der Waals surface area contributed by atoms with E-state index in [0.717, 1.165) is 16.8 Å². The van der Waals surface area contributed by atoms with Crippen LogP contribution in [0.15, 0.2) is 64.1 Å². The molecule has 2 aliphatic heterocycles. The maximum Gasteiger partial charge on any atom is 0.231 e. The molecule has 0 radical (unpaired) electrons. The number of nitrogens with one attached hydrogen (secondary N) is 1. The highest BCUT2D eigenvalue weighted by Crippen LogP contribution is 2.40. The molecular formula is C25H22BrFN2O4. The topological polar surface area (TPSA) is 72.3 Å². The summed E-state index contributed by atoms with van der Waals surface area (Å²) in [5, 5.41) is 14.4. The summed E-state index contributed by atoms with van der Waals surface area (Å²) in [5.41, 5.74) is 3.24. The number of ether oxygens (including phenoxy) is 3. The summed E-state index contributed by atoms with van der Waals surface area (Å²) in [6.07, 6.45) is 0.0815. The van der Waals surface area contributed by atoms with Gasteiger partial charge in [-0.25, -0.2) is 4.39 Å². The van der Waals surface area contributed by atoms with E-state index in [4.69, 9.17) is 19.2 Å². The van der Waals surface area contributed by atoms with Crippen LogP contribution in [0.2, 0.25) is 0 Å². The van der Waals surface area contributed by atoms with E-state index in [2.05, 4.69) is 21.2 Å². The van der Waals surface area contributed by atoms with Gasteiger partial charge in [-0.05, 0) is 70.4 Å². The van der Waals surface area contributed by atoms with E-state index in [1.54, 1.807) is 18.2 Å². The Bertz CT molecular complexity index is 1230. The van der Waals surface area contributed by atoms with E-state index < -0.39 is 6.17 Å². The number of benzene rings is 3. The Morgan fingerprint density at radius 1 is 1.15 bits per heavy atom. The van der Waals surface area contributed by atoms with Gasteiger partial charge in [0, 0.05) is 23.7 Å². The van der Waals surface area contributed by atoms with Crippen LogP contribution in [0.3, 0.4) is 0 Å². The number of aliphatic imine (C=N–C) groups is 1. The SMILES string of the molecule is CCOc1cccc(C2CC(c3ccc4c(c3)OCO4)=NC(c3ccc(F)c(Br)c3)N2)c1O. The van der Waals surface area contributed by atoms with Crippen LogP contribution in [-0.2, 0) is 0 Å². The molecule has 0 bridgehead atoms. The van der Waals surface area contributed by atoms with Gasteiger partial charge >= 0.3 is 0 Å². The van der Waals surface area contributed by atoms with Crippen molar-refractivity contribution in [2.75, 3.05) is 13.4 Å². The summed E-state index contributed by atoms with van der Waals surface area (Å²) in [7, 11) is 0. The van der Waals surface area contributed by atoms with Crippen molar-refractivity contribution in [3.05, 3.63) is 81.6 Å². The molecule has 8 heteroatoms. The van der Waals surface area contributed by atoms with Gasteiger partial charge in [-0.3, -0.25) is 10.3 Å². The number of phenolic OH excluding ortho intramolecular Hbond substituents is 1. The Labute approximate surface area is 199 Å². The molecule has 0 saturated heterocycles. The Kier molecular flexibility index (Phi) is 5.95. The first-order chi connectivity index (χ1) is 16.0. The van der Waals surface area contributed by atoms with Crippen molar-refractivity contribution in [1.29, 1.82) is 0 Å². The Morgan fingerprint density at radius 2 is 2.00 bits per heavy atom. The highest BCUT2D eigenvalue weighted by molar-refractivity contribution is 9.10. The standard InChI is InChI=1S/C25H22BrFN2O4/c1-2-31-22-5-3-4-16(24(22)30)20-12-19(14-7-9-21-23(11-14)33-13-32-21)28-25(29-20)15-6-8-18(27)17(26)10-15/h3-11,20,25,29-30H,2,12-13H2,1H3. The molecule has 5 rings (SSSR count).